The molecule has 0 aliphatic carbocycles. The Balaban J connectivity index is 1.29. The van der Waals surface area contributed by atoms with E-state index in [1.807, 2.05) is 6.07 Å². The Morgan fingerprint density at radius 1 is 1.21 bits per heavy atom. The molecule has 2 heterocycles. The van der Waals surface area contributed by atoms with Gasteiger partial charge in [-0.05, 0) is 48.6 Å². The third-order valence-corrected chi connectivity index (χ3v) is 7.04. The average Bonchev–Trinajstić information content (AvgIpc) is 3.31. The standard InChI is InChI=1S/C27H28F4N2O5/c1-35-21-7-5-18(6-8-21)15-36-17-23(27(29,30)31)38-25(34)33-11-9-26(10-12-33)13-20(16-37-26)22-4-2-3-19(14-32)24(22)28/h2-8,20,23H,9-13,15-17H2,1H3. The lowest BCUT2D eigenvalue weighted by atomic mass is 9.83. The van der Waals surface area contributed by atoms with Gasteiger partial charge in [0.25, 0.3) is 0 Å². The number of rotatable bonds is 7. The summed E-state index contributed by atoms with van der Waals surface area (Å²) in [6.45, 7) is -0.376. The third-order valence-electron chi connectivity index (χ3n) is 7.04. The molecular weight excluding hydrogens is 508 g/mol. The zero-order valence-electron chi connectivity index (χ0n) is 20.8. The number of hydrogen-bond acceptors (Lipinski definition) is 6. The number of nitriles is 1. The number of nitrogens with zero attached hydrogens (tertiary/aromatic N) is 2. The summed E-state index contributed by atoms with van der Waals surface area (Å²) in [6, 6.07) is 13.2. The van der Waals surface area contributed by atoms with Crippen LogP contribution in [0.2, 0.25) is 0 Å². The Bertz CT molecular complexity index is 1160. The van der Waals surface area contributed by atoms with Crippen LogP contribution in [0.5, 0.6) is 5.75 Å². The summed E-state index contributed by atoms with van der Waals surface area (Å²) in [6.07, 6.45) is -7.03. The van der Waals surface area contributed by atoms with Gasteiger partial charge in [0.2, 0.25) is 6.10 Å². The predicted octanol–water partition coefficient (Wildman–Crippen LogP) is 5.33. The van der Waals surface area contributed by atoms with Gasteiger partial charge < -0.3 is 23.8 Å². The van der Waals surface area contributed by atoms with Gasteiger partial charge in [-0.15, -0.1) is 0 Å². The number of halogens is 4. The molecule has 0 saturated carbocycles. The summed E-state index contributed by atoms with van der Waals surface area (Å²) < 4.78 is 76.3. The Morgan fingerprint density at radius 3 is 2.55 bits per heavy atom. The first kappa shape index (κ1) is 27.7. The number of piperidine rings is 1. The van der Waals surface area contributed by atoms with E-state index in [2.05, 4.69) is 0 Å². The molecule has 1 spiro atoms. The van der Waals surface area contributed by atoms with Crippen molar-refractivity contribution in [2.45, 2.75) is 49.7 Å². The van der Waals surface area contributed by atoms with Crippen molar-refractivity contribution in [3.8, 4) is 11.8 Å². The summed E-state index contributed by atoms with van der Waals surface area (Å²) in [7, 11) is 1.51. The third kappa shape index (κ3) is 6.37. The molecule has 1 amide bonds. The molecule has 2 atom stereocenters. The Labute approximate surface area is 217 Å². The molecule has 7 nitrogen and oxygen atoms in total. The van der Waals surface area contributed by atoms with Gasteiger partial charge in [-0.3, -0.25) is 0 Å². The first-order valence-electron chi connectivity index (χ1n) is 12.2. The topological polar surface area (TPSA) is 81.0 Å². The van der Waals surface area contributed by atoms with Gasteiger partial charge in [-0.2, -0.15) is 18.4 Å². The van der Waals surface area contributed by atoms with Gasteiger partial charge in [-0.25, -0.2) is 9.18 Å². The van der Waals surface area contributed by atoms with Gasteiger partial charge >= 0.3 is 12.3 Å². The van der Waals surface area contributed by atoms with Crippen LogP contribution < -0.4 is 4.74 Å². The number of alkyl halides is 3. The highest BCUT2D eigenvalue weighted by Crippen LogP contribution is 2.43. The van der Waals surface area contributed by atoms with Crippen molar-refractivity contribution in [3.05, 3.63) is 65.0 Å². The summed E-state index contributed by atoms with van der Waals surface area (Å²) in [4.78, 5) is 13.8. The molecule has 2 fully saturated rings. The largest absolute Gasteiger partial charge is 0.497 e. The van der Waals surface area contributed by atoms with E-state index >= 15 is 0 Å². The fourth-order valence-electron chi connectivity index (χ4n) is 4.84. The molecule has 2 aromatic rings. The maximum Gasteiger partial charge on any atom is 0.427 e. The second kappa shape index (κ2) is 11.6. The summed E-state index contributed by atoms with van der Waals surface area (Å²) >= 11 is 0. The van der Waals surface area contributed by atoms with Crippen LogP contribution in [0.25, 0.3) is 0 Å². The molecule has 2 aromatic carbocycles. The fraction of sp³-hybridized carbons (Fsp3) is 0.481. The highest BCUT2D eigenvalue weighted by molar-refractivity contribution is 5.68. The van der Waals surface area contributed by atoms with Crippen molar-refractivity contribution >= 4 is 6.09 Å². The molecule has 0 bridgehead atoms. The van der Waals surface area contributed by atoms with Crippen molar-refractivity contribution in [2.24, 2.45) is 0 Å². The lowest BCUT2D eigenvalue weighted by Gasteiger charge is -2.38. The molecule has 2 unspecified atom stereocenters. The van der Waals surface area contributed by atoms with E-state index in [0.29, 0.717) is 36.1 Å². The Morgan fingerprint density at radius 2 is 1.92 bits per heavy atom. The minimum atomic E-state index is -4.80. The molecule has 0 N–H and O–H groups in total. The Kier molecular flexibility index (Phi) is 8.43. The second-order valence-corrected chi connectivity index (χ2v) is 9.48. The van der Waals surface area contributed by atoms with Crippen molar-refractivity contribution in [3.63, 3.8) is 0 Å². The zero-order valence-corrected chi connectivity index (χ0v) is 20.8. The molecule has 11 heteroatoms. The first-order chi connectivity index (χ1) is 18.1. The lowest BCUT2D eigenvalue weighted by Crippen LogP contribution is -2.49. The van der Waals surface area contributed by atoms with Crippen LogP contribution in [0, 0.1) is 17.1 Å². The van der Waals surface area contributed by atoms with E-state index < -0.39 is 36.4 Å². The number of likely N-dealkylation sites (tertiary alicyclic amines) is 1. The van der Waals surface area contributed by atoms with Gasteiger partial charge in [-0.1, -0.05) is 24.3 Å². The Hall–Kier alpha value is -3.36. The van der Waals surface area contributed by atoms with Gasteiger partial charge in [0, 0.05) is 19.0 Å². The van der Waals surface area contributed by atoms with Crippen LogP contribution in [-0.2, 0) is 20.8 Å². The van der Waals surface area contributed by atoms with Crippen LogP contribution in [-0.4, -0.2) is 62.3 Å². The number of hydrogen-bond donors (Lipinski definition) is 0. The zero-order chi connectivity index (χ0) is 27.3. The van der Waals surface area contributed by atoms with Crippen molar-refractivity contribution in [1.29, 1.82) is 5.26 Å². The number of carbonyl (C=O) groups is 1. The second-order valence-electron chi connectivity index (χ2n) is 9.48. The number of carbonyl (C=O) groups excluding carboxylic acids is 1. The molecular formula is C27H28F4N2O5. The monoisotopic (exact) mass is 536 g/mol. The molecule has 4 rings (SSSR count). The SMILES string of the molecule is COc1ccc(COCC(OC(=O)N2CCC3(CC2)CC(c2cccc(C#N)c2F)CO3)C(F)(F)F)cc1. The van der Waals surface area contributed by atoms with E-state index in [4.69, 9.17) is 24.2 Å². The molecule has 0 radical (unpaired) electrons. The number of benzene rings is 2. The number of methoxy groups -OCH3 is 1. The van der Waals surface area contributed by atoms with Crippen LogP contribution >= 0.6 is 0 Å². The maximum absolute atomic E-state index is 14.6. The van der Waals surface area contributed by atoms with Crippen molar-refractivity contribution in [1.82, 2.24) is 4.90 Å². The van der Waals surface area contributed by atoms with E-state index in [-0.39, 0.29) is 37.8 Å². The van der Waals surface area contributed by atoms with Gasteiger partial charge in [0.1, 0.15) is 17.6 Å². The molecule has 0 aromatic heterocycles. The van der Waals surface area contributed by atoms with E-state index in [1.165, 1.54) is 18.1 Å². The minimum Gasteiger partial charge on any atom is -0.497 e. The number of ether oxygens (including phenoxy) is 4. The molecule has 2 saturated heterocycles. The average molecular weight is 537 g/mol. The van der Waals surface area contributed by atoms with Crippen LogP contribution in [0.4, 0.5) is 22.4 Å². The molecule has 38 heavy (non-hydrogen) atoms. The minimum absolute atomic E-state index is 0.0341. The lowest BCUT2D eigenvalue weighted by molar-refractivity contribution is -0.220. The van der Waals surface area contributed by atoms with E-state index in [1.54, 1.807) is 36.4 Å². The number of amides is 1. The normalized spacial score (nSPS) is 19.7. The maximum atomic E-state index is 14.6. The molecule has 2 aliphatic heterocycles. The summed E-state index contributed by atoms with van der Waals surface area (Å²) in [5, 5.41) is 9.09. The van der Waals surface area contributed by atoms with Gasteiger partial charge in [0.05, 0.1) is 38.1 Å². The quantitative estimate of drug-likeness (QED) is 0.445. The summed E-state index contributed by atoms with van der Waals surface area (Å²) in [5.74, 6) is -0.202. The smallest absolute Gasteiger partial charge is 0.427 e. The highest BCUT2D eigenvalue weighted by Gasteiger charge is 2.47. The van der Waals surface area contributed by atoms with Crippen molar-refractivity contribution in [2.75, 3.05) is 33.4 Å². The molecule has 2 aliphatic rings. The predicted molar refractivity (Wildman–Crippen MR) is 127 cm³/mol. The van der Waals surface area contributed by atoms with Crippen molar-refractivity contribution < 1.29 is 41.3 Å². The van der Waals surface area contributed by atoms with Crippen LogP contribution in [0.15, 0.2) is 42.5 Å². The molecule has 204 valence electrons. The van der Waals surface area contributed by atoms with Gasteiger partial charge in [0.15, 0.2) is 0 Å². The van der Waals surface area contributed by atoms with Crippen LogP contribution in [0.3, 0.4) is 0 Å². The summed E-state index contributed by atoms with van der Waals surface area (Å²) in [5.41, 5.74) is 0.411. The van der Waals surface area contributed by atoms with E-state index in [9.17, 15) is 22.4 Å². The first-order valence-corrected chi connectivity index (χ1v) is 12.2. The fourth-order valence-corrected chi connectivity index (χ4v) is 4.84. The van der Waals surface area contributed by atoms with Crippen LogP contribution in [0.1, 0.15) is 41.9 Å². The van der Waals surface area contributed by atoms with E-state index in [0.717, 1.165) is 0 Å². The highest BCUT2D eigenvalue weighted by atomic mass is 19.4.